The lowest BCUT2D eigenvalue weighted by molar-refractivity contribution is 0.0664. The number of nitrogen functional groups attached to an aromatic ring is 1. The summed E-state index contributed by atoms with van der Waals surface area (Å²) >= 11 is 7.13. The number of halogens is 1. The molecule has 0 atom stereocenters. The second-order valence-corrected chi connectivity index (χ2v) is 7.39. The summed E-state index contributed by atoms with van der Waals surface area (Å²) in [5.41, 5.74) is 7.55. The van der Waals surface area contributed by atoms with Crippen LogP contribution in [-0.2, 0) is 0 Å². The molecule has 1 aromatic heterocycles. The molecule has 0 unspecified atom stereocenters. The Kier molecular flexibility index (Phi) is 4.93. The molecule has 0 saturated carbocycles. The number of nitrogens with one attached hydrogen (secondary N) is 1. The Bertz CT molecular complexity index is 1020. The Hall–Kier alpha value is -3.04. The van der Waals surface area contributed by atoms with Crippen LogP contribution in [0.3, 0.4) is 0 Å². The zero-order chi connectivity index (χ0) is 19.7. The summed E-state index contributed by atoms with van der Waals surface area (Å²) in [5.74, 6) is 0.423. The van der Waals surface area contributed by atoms with Crippen LogP contribution in [0.1, 0.15) is 20.7 Å². The zero-order valence-corrected chi connectivity index (χ0v) is 16.1. The van der Waals surface area contributed by atoms with E-state index >= 15 is 0 Å². The summed E-state index contributed by atoms with van der Waals surface area (Å²) in [7, 11) is 0. The fraction of sp³-hybridized carbons (Fsp3) is 0.111. The van der Waals surface area contributed by atoms with Gasteiger partial charge >= 0.3 is 0 Å². The molecule has 3 N–H and O–H groups in total. The van der Waals surface area contributed by atoms with E-state index in [0.29, 0.717) is 27.9 Å². The fourth-order valence-corrected chi connectivity index (χ4v) is 3.65. The fourth-order valence-electron chi connectivity index (χ4n) is 2.78. The van der Waals surface area contributed by atoms with Crippen LogP contribution in [0.15, 0.2) is 48.5 Å². The standard InChI is InChI=1S/C18H15ClN6O2S/c19-11-5-7-12(8-6-11)21-18-22-17(20)25(23-18)28-10-9-24-15(26)13-3-1-2-4-14(13)16(24)27/h1-8H,9-10H2,(H3,20,21,22,23). The molecular weight excluding hydrogens is 400 g/mol. The van der Waals surface area contributed by atoms with Gasteiger partial charge in [-0.3, -0.25) is 14.5 Å². The monoisotopic (exact) mass is 414 g/mol. The zero-order valence-electron chi connectivity index (χ0n) is 14.5. The molecule has 0 bridgehead atoms. The normalized spacial score (nSPS) is 13.1. The number of carbonyl (C=O) groups is 2. The predicted molar refractivity (Wildman–Crippen MR) is 109 cm³/mol. The van der Waals surface area contributed by atoms with E-state index in [9.17, 15) is 9.59 Å². The summed E-state index contributed by atoms with van der Waals surface area (Å²) in [6, 6.07) is 13.9. The number of nitrogens with two attached hydrogens (primary N) is 1. The van der Waals surface area contributed by atoms with Gasteiger partial charge < -0.3 is 11.1 Å². The van der Waals surface area contributed by atoms with Gasteiger partial charge in [0, 0.05) is 23.0 Å². The summed E-state index contributed by atoms with van der Waals surface area (Å²) < 4.78 is 1.45. The molecule has 4 rings (SSSR count). The summed E-state index contributed by atoms with van der Waals surface area (Å²) in [6.07, 6.45) is 0. The molecule has 2 amide bonds. The minimum Gasteiger partial charge on any atom is -0.367 e. The second-order valence-electron chi connectivity index (χ2n) is 5.94. The van der Waals surface area contributed by atoms with E-state index in [1.165, 1.54) is 20.9 Å². The maximum absolute atomic E-state index is 12.4. The van der Waals surface area contributed by atoms with Crippen LogP contribution in [0, 0.1) is 0 Å². The lowest BCUT2D eigenvalue weighted by Crippen LogP contribution is -2.32. The molecule has 0 aliphatic carbocycles. The molecule has 0 saturated heterocycles. The molecule has 142 valence electrons. The molecule has 0 spiro atoms. The largest absolute Gasteiger partial charge is 0.367 e. The smallest absolute Gasteiger partial charge is 0.261 e. The highest BCUT2D eigenvalue weighted by molar-refractivity contribution is 7.97. The molecule has 2 heterocycles. The molecular formula is C18H15ClN6O2S. The molecule has 0 radical (unpaired) electrons. The lowest BCUT2D eigenvalue weighted by atomic mass is 10.1. The first kappa shape index (κ1) is 18.3. The maximum atomic E-state index is 12.4. The highest BCUT2D eigenvalue weighted by Crippen LogP contribution is 2.24. The van der Waals surface area contributed by atoms with Crippen LogP contribution >= 0.6 is 23.5 Å². The van der Waals surface area contributed by atoms with Crippen molar-refractivity contribution >= 4 is 52.9 Å². The molecule has 28 heavy (non-hydrogen) atoms. The quantitative estimate of drug-likeness (QED) is 0.597. The highest BCUT2D eigenvalue weighted by Gasteiger charge is 2.34. The molecule has 1 aliphatic rings. The number of hydrogen-bond acceptors (Lipinski definition) is 7. The third-order valence-corrected chi connectivity index (χ3v) is 5.24. The van der Waals surface area contributed by atoms with Gasteiger partial charge in [0.2, 0.25) is 11.9 Å². The minimum atomic E-state index is -0.280. The molecule has 3 aromatic rings. The van der Waals surface area contributed by atoms with Crippen LogP contribution in [0.2, 0.25) is 5.02 Å². The van der Waals surface area contributed by atoms with Crippen molar-refractivity contribution in [2.45, 2.75) is 0 Å². The van der Waals surface area contributed by atoms with Gasteiger partial charge in [-0.25, -0.2) is 0 Å². The second kappa shape index (κ2) is 7.53. The van der Waals surface area contributed by atoms with Gasteiger partial charge in [-0.2, -0.15) is 9.07 Å². The first-order valence-corrected chi connectivity index (χ1v) is 9.68. The molecule has 10 heteroatoms. The van der Waals surface area contributed by atoms with E-state index in [-0.39, 0.29) is 24.3 Å². The van der Waals surface area contributed by atoms with Crippen LogP contribution in [-0.4, -0.2) is 43.2 Å². The van der Waals surface area contributed by atoms with E-state index in [0.717, 1.165) is 5.69 Å². The number of amides is 2. The Morgan fingerprint density at radius 1 is 1.04 bits per heavy atom. The number of anilines is 3. The Balaban J connectivity index is 1.37. The third-order valence-electron chi connectivity index (χ3n) is 4.11. The van der Waals surface area contributed by atoms with Crippen molar-refractivity contribution in [3.05, 3.63) is 64.7 Å². The minimum absolute atomic E-state index is 0.212. The van der Waals surface area contributed by atoms with Gasteiger partial charge in [-0.15, -0.1) is 5.10 Å². The van der Waals surface area contributed by atoms with Crippen molar-refractivity contribution in [2.24, 2.45) is 0 Å². The predicted octanol–water partition coefficient (Wildman–Crippen LogP) is 3.05. The highest BCUT2D eigenvalue weighted by atomic mass is 35.5. The van der Waals surface area contributed by atoms with E-state index in [2.05, 4.69) is 15.4 Å². The topological polar surface area (TPSA) is 106 Å². The molecule has 8 nitrogen and oxygen atoms in total. The van der Waals surface area contributed by atoms with E-state index in [4.69, 9.17) is 17.3 Å². The van der Waals surface area contributed by atoms with Gasteiger partial charge in [0.15, 0.2) is 0 Å². The third kappa shape index (κ3) is 3.54. The van der Waals surface area contributed by atoms with Gasteiger partial charge in [-0.05, 0) is 48.3 Å². The summed E-state index contributed by atoms with van der Waals surface area (Å²) in [5, 5.41) is 7.95. The number of rotatable bonds is 6. The van der Waals surface area contributed by atoms with Crippen molar-refractivity contribution in [2.75, 3.05) is 23.3 Å². The Labute approximate surface area is 169 Å². The maximum Gasteiger partial charge on any atom is 0.261 e. The SMILES string of the molecule is Nc1nc(Nc2ccc(Cl)cc2)nn1SCCN1C(=O)c2ccccc2C1=O. The van der Waals surface area contributed by atoms with Crippen molar-refractivity contribution in [3.63, 3.8) is 0 Å². The number of benzene rings is 2. The number of hydrogen-bond donors (Lipinski definition) is 2. The average molecular weight is 415 g/mol. The van der Waals surface area contributed by atoms with E-state index in [1.807, 2.05) is 0 Å². The van der Waals surface area contributed by atoms with Gasteiger partial charge in [0.25, 0.3) is 11.8 Å². The summed E-state index contributed by atoms with van der Waals surface area (Å²) in [4.78, 5) is 30.1. The van der Waals surface area contributed by atoms with E-state index < -0.39 is 0 Å². The lowest BCUT2D eigenvalue weighted by Gasteiger charge is -2.13. The van der Waals surface area contributed by atoms with Crippen LogP contribution in [0.25, 0.3) is 0 Å². The first-order valence-electron chi connectivity index (χ1n) is 8.36. The van der Waals surface area contributed by atoms with E-state index in [1.54, 1.807) is 48.5 Å². The number of imide groups is 1. The number of nitrogens with zero attached hydrogens (tertiary/aromatic N) is 4. The van der Waals surface area contributed by atoms with Crippen molar-refractivity contribution in [1.82, 2.24) is 19.1 Å². The Morgan fingerprint density at radius 3 is 2.32 bits per heavy atom. The summed E-state index contributed by atoms with van der Waals surface area (Å²) in [6.45, 7) is 0.246. The first-order chi connectivity index (χ1) is 13.5. The Morgan fingerprint density at radius 2 is 1.68 bits per heavy atom. The molecule has 1 aliphatic heterocycles. The molecule has 2 aromatic carbocycles. The van der Waals surface area contributed by atoms with Crippen molar-refractivity contribution in [1.29, 1.82) is 0 Å². The van der Waals surface area contributed by atoms with Gasteiger partial charge in [-0.1, -0.05) is 23.7 Å². The average Bonchev–Trinajstić information content (AvgIpc) is 3.16. The van der Waals surface area contributed by atoms with Crippen molar-refractivity contribution < 1.29 is 9.59 Å². The van der Waals surface area contributed by atoms with Crippen LogP contribution in [0.4, 0.5) is 17.6 Å². The van der Waals surface area contributed by atoms with Crippen LogP contribution in [0.5, 0.6) is 0 Å². The van der Waals surface area contributed by atoms with Crippen LogP contribution < -0.4 is 11.1 Å². The van der Waals surface area contributed by atoms with Gasteiger partial charge in [0.1, 0.15) is 0 Å². The van der Waals surface area contributed by atoms with Gasteiger partial charge in [0.05, 0.1) is 11.1 Å². The number of aromatic nitrogens is 3. The number of carbonyl (C=O) groups excluding carboxylic acids is 2. The molecule has 0 fully saturated rings. The number of fused-ring (bicyclic) bond motifs is 1. The van der Waals surface area contributed by atoms with Crippen molar-refractivity contribution in [3.8, 4) is 0 Å².